The number of rotatable bonds is 9. The summed E-state index contributed by atoms with van der Waals surface area (Å²) in [5.74, 6) is 0.0439. The van der Waals surface area contributed by atoms with Crippen molar-refractivity contribution in [3.8, 4) is 5.75 Å². The predicted octanol–water partition coefficient (Wildman–Crippen LogP) is 4.58. The van der Waals surface area contributed by atoms with Crippen LogP contribution in [0.2, 0.25) is 0 Å². The summed E-state index contributed by atoms with van der Waals surface area (Å²) in [7, 11) is -2.77. The van der Waals surface area contributed by atoms with Gasteiger partial charge in [0.25, 0.3) is 10.0 Å². The second-order valence-corrected chi connectivity index (χ2v) is 9.68. The summed E-state index contributed by atoms with van der Waals surface area (Å²) in [5, 5.41) is 2.64. The SMILES string of the molecule is COc1ccc(CCNC(=O)CN(c2cccc(C(F)(F)F)c2)S(=O)(=O)c2ccc(C)cc2)cc1. The largest absolute Gasteiger partial charge is 0.497 e. The highest BCUT2D eigenvalue weighted by molar-refractivity contribution is 7.92. The van der Waals surface area contributed by atoms with Crippen molar-refractivity contribution in [2.45, 2.75) is 24.4 Å². The average Bonchev–Trinajstić information content (AvgIpc) is 2.82. The number of sulfonamides is 1. The molecule has 0 fully saturated rings. The number of carbonyl (C=O) groups is 1. The van der Waals surface area contributed by atoms with Gasteiger partial charge in [0.05, 0.1) is 23.3 Å². The molecule has 0 atom stereocenters. The highest BCUT2D eigenvalue weighted by Crippen LogP contribution is 2.33. The lowest BCUT2D eigenvalue weighted by Gasteiger charge is -2.25. The van der Waals surface area contributed by atoms with Crippen LogP contribution in [0.4, 0.5) is 18.9 Å². The lowest BCUT2D eigenvalue weighted by Crippen LogP contribution is -2.41. The highest BCUT2D eigenvalue weighted by atomic mass is 32.2. The maximum atomic E-state index is 13.3. The standard InChI is InChI=1S/C25H25F3N2O4S/c1-18-6-12-23(13-7-18)35(32,33)30(21-5-3-4-20(16-21)25(26,27)28)17-24(31)29-15-14-19-8-10-22(34-2)11-9-19/h3-13,16H,14-15,17H2,1-2H3,(H,29,31). The summed E-state index contributed by atoms with van der Waals surface area (Å²) in [6.07, 6.45) is -4.19. The van der Waals surface area contributed by atoms with Crippen LogP contribution in [0.3, 0.4) is 0 Å². The number of nitrogens with one attached hydrogen (secondary N) is 1. The second-order valence-electron chi connectivity index (χ2n) is 7.82. The fourth-order valence-corrected chi connectivity index (χ4v) is 4.73. The van der Waals surface area contributed by atoms with Gasteiger partial charge in [-0.3, -0.25) is 9.10 Å². The minimum absolute atomic E-state index is 0.133. The third kappa shape index (κ3) is 6.75. The van der Waals surface area contributed by atoms with E-state index in [0.29, 0.717) is 16.5 Å². The molecule has 186 valence electrons. The minimum Gasteiger partial charge on any atom is -0.497 e. The number of nitrogens with zero attached hydrogens (tertiary/aromatic N) is 1. The van der Waals surface area contributed by atoms with Crippen molar-refractivity contribution in [3.63, 3.8) is 0 Å². The van der Waals surface area contributed by atoms with Crippen LogP contribution in [0.1, 0.15) is 16.7 Å². The molecule has 0 aliphatic rings. The number of benzene rings is 3. The van der Waals surface area contributed by atoms with Crippen molar-refractivity contribution < 1.29 is 31.1 Å². The van der Waals surface area contributed by atoms with Crippen molar-refractivity contribution in [2.24, 2.45) is 0 Å². The smallest absolute Gasteiger partial charge is 0.416 e. The number of anilines is 1. The van der Waals surface area contributed by atoms with E-state index in [1.165, 1.54) is 18.2 Å². The summed E-state index contributed by atoms with van der Waals surface area (Å²) in [5.41, 5.74) is 0.462. The summed E-state index contributed by atoms with van der Waals surface area (Å²) in [6, 6.07) is 17.0. The van der Waals surface area contributed by atoms with Crippen LogP contribution in [-0.4, -0.2) is 34.5 Å². The van der Waals surface area contributed by atoms with Crippen LogP contribution in [-0.2, 0) is 27.4 Å². The number of alkyl halides is 3. The molecule has 0 heterocycles. The van der Waals surface area contributed by atoms with Crippen molar-refractivity contribution in [1.82, 2.24) is 5.32 Å². The Hall–Kier alpha value is -3.53. The van der Waals surface area contributed by atoms with E-state index in [9.17, 15) is 26.4 Å². The molecule has 1 amide bonds. The molecule has 3 aromatic rings. The van der Waals surface area contributed by atoms with Gasteiger partial charge < -0.3 is 10.1 Å². The first-order valence-corrected chi connectivity index (χ1v) is 12.1. The van der Waals surface area contributed by atoms with Gasteiger partial charge in [0.2, 0.25) is 5.91 Å². The van der Waals surface area contributed by atoms with E-state index < -0.39 is 34.2 Å². The zero-order valence-corrected chi connectivity index (χ0v) is 20.0. The zero-order valence-electron chi connectivity index (χ0n) is 19.2. The number of aryl methyl sites for hydroxylation is 1. The van der Waals surface area contributed by atoms with Gasteiger partial charge in [-0.25, -0.2) is 8.42 Å². The number of amides is 1. The monoisotopic (exact) mass is 506 g/mol. The molecule has 0 aliphatic carbocycles. The molecule has 0 aliphatic heterocycles. The molecule has 0 radical (unpaired) electrons. The second kappa shape index (κ2) is 10.8. The van der Waals surface area contributed by atoms with E-state index in [2.05, 4.69) is 5.32 Å². The Morgan fingerprint density at radius 2 is 1.66 bits per heavy atom. The summed E-state index contributed by atoms with van der Waals surface area (Å²) in [6.45, 7) is 1.31. The Kier molecular flexibility index (Phi) is 8.06. The molecule has 0 aromatic heterocycles. The van der Waals surface area contributed by atoms with Crippen LogP contribution in [0.15, 0.2) is 77.7 Å². The number of hydrogen-bond donors (Lipinski definition) is 1. The number of halogens is 3. The number of methoxy groups -OCH3 is 1. The van der Waals surface area contributed by atoms with Gasteiger partial charge in [0, 0.05) is 6.54 Å². The topological polar surface area (TPSA) is 75.7 Å². The first-order valence-electron chi connectivity index (χ1n) is 10.7. The fourth-order valence-electron chi connectivity index (χ4n) is 3.31. The number of ether oxygens (including phenoxy) is 1. The molecule has 3 rings (SSSR count). The van der Waals surface area contributed by atoms with Gasteiger partial charge in [0.15, 0.2) is 0 Å². The quantitative estimate of drug-likeness (QED) is 0.461. The molecule has 3 aromatic carbocycles. The Morgan fingerprint density at radius 1 is 1.00 bits per heavy atom. The number of hydrogen-bond acceptors (Lipinski definition) is 4. The highest BCUT2D eigenvalue weighted by Gasteiger charge is 2.33. The zero-order chi connectivity index (χ0) is 25.6. The molecular weight excluding hydrogens is 481 g/mol. The molecule has 0 bridgehead atoms. The van der Waals surface area contributed by atoms with Crippen LogP contribution < -0.4 is 14.4 Å². The van der Waals surface area contributed by atoms with Crippen LogP contribution in [0, 0.1) is 6.92 Å². The van der Waals surface area contributed by atoms with Crippen LogP contribution in [0.5, 0.6) is 5.75 Å². The normalized spacial score (nSPS) is 11.7. The van der Waals surface area contributed by atoms with Crippen LogP contribution >= 0.6 is 0 Å². The molecular formula is C25H25F3N2O4S. The molecule has 0 unspecified atom stereocenters. The summed E-state index contributed by atoms with van der Waals surface area (Å²) < 4.78 is 72.3. The molecule has 1 N–H and O–H groups in total. The van der Waals surface area contributed by atoms with E-state index in [4.69, 9.17) is 4.74 Å². The molecule has 0 saturated heterocycles. The Labute approximate surface area is 202 Å². The fraction of sp³-hybridized carbons (Fsp3) is 0.240. The Balaban J connectivity index is 1.82. The maximum Gasteiger partial charge on any atom is 0.416 e. The van der Waals surface area contributed by atoms with Gasteiger partial charge >= 0.3 is 6.18 Å². The molecule has 0 spiro atoms. The van der Waals surface area contributed by atoms with Gasteiger partial charge in [-0.1, -0.05) is 35.9 Å². The van der Waals surface area contributed by atoms with Gasteiger partial charge in [-0.15, -0.1) is 0 Å². The van der Waals surface area contributed by atoms with E-state index in [0.717, 1.165) is 29.3 Å². The molecule has 6 nitrogen and oxygen atoms in total. The average molecular weight is 507 g/mol. The van der Waals surface area contributed by atoms with Crippen LogP contribution in [0.25, 0.3) is 0 Å². The van der Waals surface area contributed by atoms with Crippen molar-refractivity contribution in [3.05, 3.63) is 89.5 Å². The van der Waals surface area contributed by atoms with Gasteiger partial charge in [0.1, 0.15) is 12.3 Å². The molecule has 35 heavy (non-hydrogen) atoms. The Morgan fingerprint density at radius 3 is 2.26 bits per heavy atom. The minimum atomic E-state index is -4.67. The first-order chi connectivity index (χ1) is 16.5. The summed E-state index contributed by atoms with van der Waals surface area (Å²) >= 11 is 0. The third-order valence-electron chi connectivity index (χ3n) is 5.25. The maximum absolute atomic E-state index is 13.3. The van der Waals surface area contributed by atoms with E-state index in [1.807, 2.05) is 12.1 Å². The third-order valence-corrected chi connectivity index (χ3v) is 7.04. The lowest BCUT2D eigenvalue weighted by atomic mass is 10.1. The van der Waals surface area contributed by atoms with Gasteiger partial charge in [-0.2, -0.15) is 13.2 Å². The molecule has 10 heteroatoms. The molecule has 0 saturated carbocycles. The van der Waals surface area contributed by atoms with E-state index in [1.54, 1.807) is 38.3 Å². The van der Waals surface area contributed by atoms with Gasteiger partial charge in [-0.05, 0) is 61.4 Å². The van der Waals surface area contributed by atoms with Crippen molar-refractivity contribution in [1.29, 1.82) is 0 Å². The van der Waals surface area contributed by atoms with E-state index >= 15 is 0 Å². The first kappa shape index (κ1) is 26.1. The van der Waals surface area contributed by atoms with Crippen molar-refractivity contribution >= 4 is 21.6 Å². The number of carbonyl (C=O) groups excluding carboxylic acids is 1. The Bertz CT molecular complexity index is 1260. The lowest BCUT2D eigenvalue weighted by molar-refractivity contribution is -0.137. The summed E-state index contributed by atoms with van der Waals surface area (Å²) in [4.78, 5) is 12.5. The van der Waals surface area contributed by atoms with Crippen molar-refractivity contribution in [2.75, 3.05) is 24.5 Å². The van der Waals surface area contributed by atoms with E-state index in [-0.39, 0.29) is 17.1 Å². The predicted molar refractivity (Wildman–Crippen MR) is 127 cm³/mol.